The maximum Gasteiger partial charge on any atom is 0.331 e. The van der Waals surface area contributed by atoms with Crippen LogP contribution in [0.5, 0.6) is 0 Å². The molecule has 0 N–H and O–H groups in total. The number of sulfone groups is 1. The third-order valence-electron chi connectivity index (χ3n) is 4.43. The molecular weight excluding hydrogens is 378 g/mol. The lowest BCUT2D eigenvalue weighted by atomic mass is 10.2. The van der Waals surface area contributed by atoms with Crippen LogP contribution in [0.2, 0.25) is 0 Å². The fourth-order valence-corrected chi connectivity index (χ4v) is 4.80. The van der Waals surface area contributed by atoms with Crippen LogP contribution in [0.15, 0.2) is 66.7 Å². The minimum absolute atomic E-state index is 0.0495. The highest BCUT2D eigenvalue weighted by molar-refractivity contribution is 7.91. The van der Waals surface area contributed by atoms with Crippen LogP contribution in [0, 0.1) is 0 Å². The van der Waals surface area contributed by atoms with Gasteiger partial charge in [-0.25, -0.2) is 13.2 Å². The Morgan fingerprint density at radius 2 is 1.68 bits per heavy atom. The van der Waals surface area contributed by atoms with Crippen molar-refractivity contribution in [3.8, 4) is 0 Å². The topological polar surface area (TPSA) is 80.8 Å². The Hall–Kier alpha value is -2.93. The van der Waals surface area contributed by atoms with E-state index in [0.717, 1.165) is 5.56 Å². The first-order valence-corrected chi connectivity index (χ1v) is 10.7. The molecule has 1 amide bonds. The molecular formula is C21H21NO5S. The van der Waals surface area contributed by atoms with E-state index in [1.54, 1.807) is 30.3 Å². The van der Waals surface area contributed by atoms with Crippen molar-refractivity contribution in [2.45, 2.75) is 12.5 Å². The normalized spacial score (nSPS) is 18.1. The lowest BCUT2D eigenvalue weighted by Crippen LogP contribution is -2.43. The van der Waals surface area contributed by atoms with Crippen LogP contribution in [0.3, 0.4) is 0 Å². The molecule has 2 aromatic carbocycles. The summed E-state index contributed by atoms with van der Waals surface area (Å²) in [6, 6.07) is 17.6. The smallest absolute Gasteiger partial charge is 0.331 e. The molecule has 1 aliphatic rings. The molecule has 146 valence electrons. The second kappa shape index (κ2) is 8.84. The third kappa shape index (κ3) is 5.29. The first-order chi connectivity index (χ1) is 13.4. The molecule has 1 aliphatic heterocycles. The van der Waals surface area contributed by atoms with E-state index in [2.05, 4.69) is 0 Å². The summed E-state index contributed by atoms with van der Waals surface area (Å²) in [5.74, 6) is -1.12. The van der Waals surface area contributed by atoms with E-state index in [1.807, 2.05) is 36.4 Å². The van der Waals surface area contributed by atoms with Gasteiger partial charge in [-0.3, -0.25) is 4.79 Å². The van der Waals surface area contributed by atoms with Crippen LogP contribution in [0.1, 0.15) is 12.0 Å². The molecule has 1 saturated heterocycles. The number of carbonyl (C=O) groups is 2. The number of para-hydroxylation sites is 1. The number of esters is 1. The molecule has 0 aromatic heterocycles. The van der Waals surface area contributed by atoms with Crippen LogP contribution < -0.4 is 4.90 Å². The maximum atomic E-state index is 12.8. The number of nitrogens with zero attached hydrogens (tertiary/aromatic N) is 1. The number of anilines is 1. The largest absolute Gasteiger partial charge is 0.452 e. The highest BCUT2D eigenvalue weighted by atomic mass is 32.2. The predicted molar refractivity (Wildman–Crippen MR) is 107 cm³/mol. The number of hydrogen-bond acceptors (Lipinski definition) is 5. The molecule has 7 heteroatoms. The highest BCUT2D eigenvalue weighted by Gasteiger charge is 2.35. The van der Waals surface area contributed by atoms with Crippen LogP contribution in [0.4, 0.5) is 5.69 Å². The monoisotopic (exact) mass is 399 g/mol. The minimum Gasteiger partial charge on any atom is -0.452 e. The fourth-order valence-electron chi connectivity index (χ4n) is 3.10. The van der Waals surface area contributed by atoms with Gasteiger partial charge in [-0.1, -0.05) is 48.5 Å². The molecule has 0 bridgehead atoms. The van der Waals surface area contributed by atoms with Crippen LogP contribution >= 0.6 is 0 Å². The zero-order chi connectivity index (χ0) is 20.0. The maximum absolute atomic E-state index is 12.8. The van der Waals surface area contributed by atoms with Gasteiger partial charge >= 0.3 is 5.97 Å². The van der Waals surface area contributed by atoms with Gasteiger partial charge in [0.15, 0.2) is 16.4 Å². The van der Waals surface area contributed by atoms with Gasteiger partial charge in [0, 0.05) is 11.8 Å². The van der Waals surface area contributed by atoms with E-state index in [9.17, 15) is 18.0 Å². The average Bonchev–Trinajstić information content (AvgIpc) is 3.06. The van der Waals surface area contributed by atoms with Crippen molar-refractivity contribution in [1.82, 2.24) is 0 Å². The van der Waals surface area contributed by atoms with E-state index < -0.39 is 34.4 Å². The van der Waals surface area contributed by atoms with Crippen molar-refractivity contribution >= 4 is 33.5 Å². The molecule has 0 aliphatic carbocycles. The molecule has 2 aromatic rings. The second-order valence-electron chi connectivity index (χ2n) is 6.51. The van der Waals surface area contributed by atoms with Crippen LogP contribution in [0.25, 0.3) is 6.08 Å². The number of amides is 1. The summed E-state index contributed by atoms with van der Waals surface area (Å²) in [5.41, 5.74) is 1.43. The zero-order valence-corrected chi connectivity index (χ0v) is 16.0. The van der Waals surface area contributed by atoms with E-state index in [0.29, 0.717) is 12.1 Å². The molecule has 0 radical (unpaired) electrons. The van der Waals surface area contributed by atoms with Crippen molar-refractivity contribution in [3.05, 3.63) is 72.3 Å². The Morgan fingerprint density at radius 1 is 1.04 bits per heavy atom. The van der Waals surface area contributed by atoms with Gasteiger partial charge in [0.05, 0.1) is 17.5 Å². The number of benzene rings is 2. The van der Waals surface area contributed by atoms with Crippen LogP contribution in [-0.2, 0) is 24.2 Å². The first-order valence-electron chi connectivity index (χ1n) is 8.92. The van der Waals surface area contributed by atoms with Crippen LogP contribution in [-0.4, -0.2) is 44.4 Å². The van der Waals surface area contributed by atoms with Crippen molar-refractivity contribution in [1.29, 1.82) is 0 Å². The summed E-state index contributed by atoms with van der Waals surface area (Å²) in [4.78, 5) is 26.1. The summed E-state index contributed by atoms with van der Waals surface area (Å²) >= 11 is 0. The van der Waals surface area contributed by atoms with Crippen molar-refractivity contribution < 1.29 is 22.7 Å². The molecule has 28 heavy (non-hydrogen) atoms. The zero-order valence-electron chi connectivity index (χ0n) is 15.2. The van der Waals surface area contributed by atoms with E-state index in [-0.39, 0.29) is 11.5 Å². The summed E-state index contributed by atoms with van der Waals surface area (Å²) < 4.78 is 28.8. The molecule has 0 spiro atoms. The van der Waals surface area contributed by atoms with Gasteiger partial charge in [-0.15, -0.1) is 0 Å². The van der Waals surface area contributed by atoms with Gasteiger partial charge in [-0.2, -0.15) is 0 Å². The number of rotatable bonds is 6. The second-order valence-corrected chi connectivity index (χ2v) is 8.74. The van der Waals surface area contributed by atoms with Gasteiger partial charge < -0.3 is 9.64 Å². The molecule has 1 atom stereocenters. The Bertz CT molecular complexity index is 955. The average molecular weight is 399 g/mol. The standard InChI is InChI=1S/C21H21NO5S/c23-20(15-27-21(24)12-11-17-7-3-1-4-8-17)22(18-9-5-2-6-10-18)19-13-14-28(25,26)16-19/h1-12,19H,13-16H2/b12-11+/t19-/m1/s1. The highest BCUT2D eigenvalue weighted by Crippen LogP contribution is 2.24. The summed E-state index contributed by atoms with van der Waals surface area (Å²) in [5, 5.41) is 0. The van der Waals surface area contributed by atoms with Gasteiger partial charge in [0.1, 0.15) is 0 Å². The van der Waals surface area contributed by atoms with E-state index in [4.69, 9.17) is 4.74 Å². The first kappa shape index (κ1) is 19.8. The Morgan fingerprint density at radius 3 is 2.29 bits per heavy atom. The van der Waals surface area contributed by atoms with Crippen molar-refractivity contribution in [3.63, 3.8) is 0 Å². The van der Waals surface area contributed by atoms with E-state index >= 15 is 0 Å². The molecule has 6 nitrogen and oxygen atoms in total. The quantitative estimate of drug-likeness (QED) is 0.551. The van der Waals surface area contributed by atoms with Gasteiger partial charge in [0.25, 0.3) is 5.91 Å². The summed E-state index contributed by atoms with van der Waals surface area (Å²) in [6.07, 6.45) is 3.23. The minimum atomic E-state index is -3.17. The summed E-state index contributed by atoms with van der Waals surface area (Å²) in [7, 11) is -3.17. The Labute approximate surface area is 164 Å². The Kier molecular flexibility index (Phi) is 6.26. The number of hydrogen-bond donors (Lipinski definition) is 0. The number of carbonyl (C=O) groups excluding carboxylic acids is 2. The third-order valence-corrected chi connectivity index (χ3v) is 6.18. The SMILES string of the molecule is O=C(/C=C/c1ccccc1)OCC(=O)N(c1ccccc1)[C@@H]1CCS(=O)(=O)C1. The van der Waals surface area contributed by atoms with E-state index in [1.165, 1.54) is 11.0 Å². The molecule has 3 rings (SSSR count). The predicted octanol–water partition coefficient (Wildman–Crippen LogP) is 2.46. The number of ether oxygens (including phenoxy) is 1. The molecule has 0 unspecified atom stereocenters. The van der Waals surface area contributed by atoms with Gasteiger partial charge in [-0.05, 0) is 30.2 Å². The van der Waals surface area contributed by atoms with Gasteiger partial charge in [0.2, 0.25) is 0 Å². The molecule has 1 fully saturated rings. The van der Waals surface area contributed by atoms with Crippen molar-refractivity contribution in [2.75, 3.05) is 23.0 Å². The van der Waals surface area contributed by atoms with Crippen molar-refractivity contribution in [2.24, 2.45) is 0 Å². The lowest BCUT2D eigenvalue weighted by Gasteiger charge is -2.28. The fraction of sp³-hybridized carbons (Fsp3) is 0.238. The molecule has 1 heterocycles. The lowest BCUT2D eigenvalue weighted by molar-refractivity contribution is -0.143. The summed E-state index contributed by atoms with van der Waals surface area (Å²) in [6.45, 7) is -0.455. The Balaban J connectivity index is 1.66. The molecule has 0 saturated carbocycles.